The molecule has 2 heterocycles. The largest absolute Gasteiger partial charge is 0.444 e. The number of likely N-dealkylation sites (tertiary alicyclic amines) is 1. The van der Waals surface area contributed by atoms with Gasteiger partial charge in [-0.15, -0.1) is 0 Å². The number of aromatic nitrogens is 1. The lowest BCUT2D eigenvalue weighted by Crippen LogP contribution is -2.39. The molecule has 144 valence electrons. The zero-order valence-electron chi connectivity index (χ0n) is 15.8. The highest BCUT2D eigenvalue weighted by atomic mass is 16.3. The first-order valence-electron chi connectivity index (χ1n) is 9.56. The topological polar surface area (TPSA) is 82.8 Å². The van der Waals surface area contributed by atoms with Crippen LogP contribution in [0.4, 0.5) is 0 Å². The lowest BCUT2D eigenvalue weighted by Gasteiger charge is -2.16. The average molecular weight is 369 g/mol. The maximum atomic E-state index is 11.6. The molecule has 0 bridgehead atoms. The second kappa shape index (κ2) is 9.75. The third kappa shape index (κ3) is 5.57. The van der Waals surface area contributed by atoms with Crippen molar-refractivity contribution < 1.29 is 9.21 Å². The molecule has 1 fully saturated rings. The van der Waals surface area contributed by atoms with Crippen LogP contribution < -0.4 is 10.6 Å². The number of benzene rings is 1. The quantitative estimate of drug-likeness (QED) is 0.424. The lowest BCUT2D eigenvalue weighted by molar-refractivity contribution is -0.127. The predicted octanol–water partition coefficient (Wildman–Crippen LogP) is 2.41. The number of oxazole rings is 1. The van der Waals surface area contributed by atoms with Gasteiger partial charge in [-0.25, -0.2) is 9.98 Å². The second-order valence-electron chi connectivity index (χ2n) is 6.47. The van der Waals surface area contributed by atoms with E-state index in [1.165, 1.54) is 0 Å². The van der Waals surface area contributed by atoms with E-state index < -0.39 is 0 Å². The van der Waals surface area contributed by atoms with Crippen LogP contribution in [-0.2, 0) is 11.3 Å². The summed E-state index contributed by atoms with van der Waals surface area (Å²) in [5.41, 5.74) is 1.74. The van der Waals surface area contributed by atoms with Crippen LogP contribution in [0.15, 0.2) is 46.0 Å². The summed E-state index contributed by atoms with van der Waals surface area (Å²) in [6, 6.07) is 9.82. The Kier molecular flexibility index (Phi) is 6.84. The number of aliphatic imine (C=N–C) groups is 1. The van der Waals surface area contributed by atoms with Gasteiger partial charge in [-0.1, -0.05) is 18.2 Å². The van der Waals surface area contributed by atoms with Crippen molar-refractivity contribution in [3.05, 3.63) is 42.3 Å². The van der Waals surface area contributed by atoms with Gasteiger partial charge >= 0.3 is 0 Å². The zero-order valence-corrected chi connectivity index (χ0v) is 15.8. The highest BCUT2D eigenvalue weighted by Crippen LogP contribution is 2.18. The van der Waals surface area contributed by atoms with E-state index in [4.69, 9.17) is 4.42 Å². The van der Waals surface area contributed by atoms with Crippen LogP contribution in [0.2, 0.25) is 0 Å². The molecule has 0 unspecified atom stereocenters. The Morgan fingerprint density at radius 3 is 2.89 bits per heavy atom. The molecule has 1 saturated heterocycles. The van der Waals surface area contributed by atoms with Crippen LogP contribution in [-0.4, -0.2) is 47.9 Å². The van der Waals surface area contributed by atoms with Crippen LogP contribution in [0.3, 0.4) is 0 Å². The zero-order chi connectivity index (χ0) is 18.9. The molecule has 2 N–H and O–H groups in total. The van der Waals surface area contributed by atoms with Crippen LogP contribution in [0.25, 0.3) is 11.5 Å². The summed E-state index contributed by atoms with van der Waals surface area (Å²) in [4.78, 5) is 22.6. The van der Waals surface area contributed by atoms with Crippen molar-refractivity contribution in [2.45, 2.75) is 32.7 Å². The fraction of sp³-hybridized carbons (Fsp3) is 0.450. The first-order chi connectivity index (χ1) is 13.3. The SMILES string of the molecule is CCNC(=NCc1coc(-c2ccccc2)n1)NCCCN1CCCC1=O. The van der Waals surface area contributed by atoms with E-state index in [1.54, 1.807) is 6.26 Å². The molecule has 1 amide bonds. The van der Waals surface area contributed by atoms with Gasteiger partial charge in [-0.2, -0.15) is 0 Å². The number of carbonyl (C=O) groups excluding carboxylic acids is 1. The molecule has 1 aromatic heterocycles. The third-order valence-corrected chi connectivity index (χ3v) is 4.38. The van der Waals surface area contributed by atoms with Gasteiger partial charge in [-0.05, 0) is 31.9 Å². The van der Waals surface area contributed by atoms with Crippen LogP contribution in [0, 0.1) is 0 Å². The van der Waals surface area contributed by atoms with Gasteiger partial charge in [-0.3, -0.25) is 4.79 Å². The predicted molar refractivity (Wildman–Crippen MR) is 105 cm³/mol. The minimum absolute atomic E-state index is 0.274. The molecular formula is C20H27N5O2. The van der Waals surface area contributed by atoms with Crippen molar-refractivity contribution in [1.82, 2.24) is 20.5 Å². The van der Waals surface area contributed by atoms with Gasteiger partial charge in [0, 0.05) is 38.2 Å². The highest BCUT2D eigenvalue weighted by molar-refractivity contribution is 5.79. The number of nitrogens with one attached hydrogen (secondary N) is 2. The first kappa shape index (κ1) is 18.9. The molecule has 2 aromatic rings. The summed E-state index contributed by atoms with van der Waals surface area (Å²) in [7, 11) is 0. The molecule has 7 nitrogen and oxygen atoms in total. The Labute approximate surface area is 159 Å². The van der Waals surface area contributed by atoms with Crippen molar-refractivity contribution in [2.24, 2.45) is 4.99 Å². The molecule has 3 rings (SSSR count). The Hall–Kier alpha value is -2.83. The molecule has 1 aromatic carbocycles. The summed E-state index contributed by atoms with van der Waals surface area (Å²) in [6.07, 6.45) is 4.23. The van der Waals surface area contributed by atoms with E-state index in [0.29, 0.717) is 18.9 Å². The molecule has 0 radical (unpaired) electrons. The standard InChI is InChI=1S/C20H27N5O2/c1-2-21-20(22-11-7-13-25-12-6-10-18(25)26)23-14-17-15-27-19(24-17)16-8-4-3-5-9-16/h3-5,8-9,15H,2,6-7,10-14H2,1H3,(H2,21,22,23). The van der Waals surface area contributed by atoms with Gasteiger partial charge in [0.15, 0.2) is 5.96 Å². The molecule has 0 saturated carbocycles. The molecule has 0 atom stereocenters. The molecule has 7 heteroatoms. The average Bonchev–Trinajstić information content (AvgIpc) is 3.33. The van der Waals surface area contributed by atoms with E-state index in [0.717, 1.165) is 56.2 Å². The van der Waals surface area contributed by atoms with Gasteiger partial charge in [0.05, 0.1) is 6.54 Å². The van der Waals surface area contributed by atoms with Gasteiger partial charge < -0.3 is 20.0 Å². The number of nitrogens with zero attached hydrogens (tertiary/aromatic N) is 3. The smallest absolute Gasteiger partial charge is 0.226 e. The molecule has 1 aliphatic rings. The van der Waals surface area contributed by atoms with E-state index in [2.05, 4.69) is 20.6 Å². The first-order valence-corrected chi connectivity index (χ1v) is 9.56. The number of hydrogen-bond donors (Lipinski definition) is 2. The van der Waals surface area contributed by atoms with Gasteiger partial charge in [0.2, 0.25) is 11.8 Å². The van der Waals surface area contributed by atoms with Crippen molar-refractivity contribution in [3.8, 4) is 11.5 Å². The molecular weight excluding hydrogens is 342 g/mol. The Bertz CT molecular complexity index is 757. The number of rotatable bonds is 8. The summed E-state index contributed by atoms with van der Waals surface area (Å²) in [6.45, 7) is 5.71. The molecule has 0 spiro atoms. The van der Waals surface area contributed by atoms with Crippen LogP contribution >= 0.6 is 0 Å². The Balaban J connectivity index is 1.48. The molecule has 27 heavy (non-hydrogen) atoms. The molecule has 0 aliphatic carbocycles. The monoisotopic (exact) mass is 369 g/mol. The van der Waals surface area contributed by atoms with Gasteiger partial charge in [0.25, 0.3) is 0 Å². The lowest BCUT2D eigenvalue weighted by atomic mass is 10.2. The second-order valence-corrected chi connectivity index (χ2v) is 6.47. The summed E-state index contributed by atoms with van der Waals surface area (Å²) >= 11 is 0. The van der Waals surface area contributed by atoms with Crippen molar-refractivity contribution in [1.29, 1.82) is 0 Å². The molecule has 1 aliphatic heterocycles. The van der Waals surface area contributed by atoms with Crippen molar-refractivity contribution in [3.63, 3.8) is 0 Å². The number of carbonyl (C=O) groups is 1. The van der Waals surface area contributed by atoms with E-state index >= 15 is 0 Å². The summed E-state index contributed by atoms with van der Waals surface area (Å²) in [5, 5.41) is 6.54. The normalized spacial score (nSPS) is 14.6. The van der Waals surface area contributed by atoms with Crippen LogP contribution in [0.5, 0.6) is 0 Å². The van der Waals surface area contributed by atoms with E-state index in [1.807, 2.05) is 42.2 Å². The van der Waals surface area contributed by atoms with Gasteiger partial charge in [0.1, 0.15) is 12.0 Å². The maximum absolute atomic E-state index is 11.6. The highest BCUT2D eigenvalue weighted by Gasteiger charge is 2.18. The number of guanidine groups is 1. The fourth-order valence-electron chi connectivity index (χ4n) is 3.01. The van der Waals surface area contributed by atoms with Crippen molar-refractivity contribution in [2.75, 3.05) is 26.2 Å². The van der Waals surface area contributed by atoms with Crippen molar-refractivity contribution >= 4 is 11.9 Å². The summed E-state index contributed by atoms with van der Waals surface area (Å²) < 4.78 is 5.55. The fourth-order valence-corrected chi connectivity index (χ4v) is 3.01. The Morgan fingerprint density at radius 1 is 1.30 bits per heavy atom. The minimum Gasteiger partial charge on any atom is -0.444 e. The van der Waals surface area contributed by atoms with Crippen LogP contribution in [0.1, 0.15) is 31.9 Å². The van der Waals surface area contributed by atoms with E-state index in [9.17, 15) is 4.79 Å². The minimum atomic E-state index is 0.274. The third-order valence-electron chi connectivity index (χ3n) is 4.38. The van der Waals surface area contributed by atoms with E-state index in [-0.39, 0.29) is 5.91 Å². The number of amides is 1. The summed E-state index contributed by atoms with van der Waals surface area (Å²) in [5.74, 6) is 1.62. The Morgan fingerprint density at radius 2 is 2.15 bits per heavy atom. The maximum Gasteiger partial charge on any atom is 0.226 e. The number of hydrogen-bond acceptors (Lipinski definition) is 4.